The number of carbonyl (C=O) groups is 1. The third kappa shape index (κ3) is 2.61. The summed E-state index contributed by atoms with van der Waals surface area (Å²) in [7, 11) is 0. The number of aryl methyl sites for hydroxylation is 1. The van der Waals surface area contributed by atoms with E-state index in [0.29, 0.717) is 5.56 Å². The molecule has 1 aliphatic heterocycles. The van der Waals surface area contributed by atoms with Gasteiger partial charge in [0.25, 0.3) is 0 Å². The van der Waals surface area contributed by atoms with Crippen LogP contribution in [-0.4, -0.2) is 19.2 Å². The van der Waals surface area contributed by atoms with Gasteiger partial charge in [0.05, 0.1) is 6.61 Å². The number of rotatable bonds is 3. The number of carbonyl (C=O) groups excluding carboxylic acids is 1. The first kappa shape index (κ1) is 11.1. The first-order chi connectivity index (χ1) is 7.79. The molecule has 0 bridgehead atoms. The number of hydrogen-bond donors (Lipinski definition) is 0. The van der Waals surface area contributed by atoms with E-state index in [2.05, 4.69) is 0 Å². The van der Waals surface area contributed by atoms with Gasteiger partial charge in [-0.3, -0.25) is 4.79 Å². The average molecular weight is 220 g/mol. The first-order valence-corrected chi connectivity index (χ1v) is 5.63. The predicted molar refractivity (Wildman–Crippen MR) is 60.8 cm³/mol. The van der Waals surface area contributed by atoms with Crippen molar-refractivity contribution in [2.45, 2.75) is 32.5 Å². The van der Waals surface area contributed by atoms with Crippen LogP contribution in [0.15, 0.2) is 18.2 Å². The smallest absolute Gasteiger partial charge is 0.199 e. The van der Waals surface area contributed by atoms with Crippen molar-refractivity contribution in [2.24, 2.45) is 0 Å². The minimum atomic E-state index is -0.129. The molecule has 2 rings (SSSR count). The summed E-state index contributed by atoms with van der Waals surface area (Å²) in [6.45, 7) is 2.67. The van der Waals surface area contributed by atoms with E-state index in [1.807, 2.05) is 19.1 Å². The summed E-state index contributed by atoms with van der Waals surface area (Å²) in [5.74, 6) is 0.773. The summed E-state index contributed by atoms with van der Waals surface area (Å²) in [5.41, 5.74) is 1.64. The molecule has 1 unspecified atom stereocenters. The van der Waals surface area contributed by atoms with E-state index in [1.54, 1.807) is 6.07 Å². The zero-order valence-electron chi connectivity index (χ0n) is 9.44. The van der Waals surface area contributed by atoms with Crippen molar-refractivity contribution in [3.63, 3.8) is 0 Å². The number of benzene rings is 1. The molecule has 3 nitrogen and oxygen atoms in total. The monoisotopic (exact) mass is 220 g/mol. The van der Waals surface area contributed by atoms with Crippen molar-refractivity contribution in [1.29, 1.82) is 0 Å². The Hall–Kier alpha value is -1.35. The Bertz CT molecular complexity index is 367. The highest BCUT2D eigenvalue weighted by Crippen LogP contribution is 2.21. The van der Waals surface area contributed by atoms with E-state index < -0.39 is 0 Å². The molecule has 0 amide bonds. The van der Waals surface area contributed by atoms with Crippen LogP contribution in [-0.2, 0) is 4.74 Å². The van der Waals surface area contributed by atoms with Crippen LogP contribution in [0.3, 0.4) is 0 Å². The molecule has 1 fully saturated rings. The Labute approximate surface area is 95.4 Å². The van der Waals surface area contributed by atoms with Gasteiger partial charge in [0, 0.05) is 12.0 Å². The molecule has 0 radical (unpaired) electrons. The molecule has 3 heteroatoms. The quantitative estimate of drug-likeness (QED) is 0.735. The normalized spacial score (nSPS) is 20.4. The molecule has 0 aromatic heterocycles. The van der Waals surface area contributed by atoms with Gasteiger partial charge in [0.1, 0.15) is 12.0 Å². The average Bonchev–Trinajstić information content (AvgIpc) is 2.31. The molecule has 0 aliphatic carbocycles. The molecule has 1 aromatic rings. The Morgan fingerprint density at radius 1 is 1.44 bits per heavy atom. The molecule has 1 heterocycles. The van der Waals surface area contributed by atoms with Crippen molar-refractivity contribution >= 4 is 6.29 Å². The molecule has 1 aromatic carbocycles. The van der Waals surface area contributed by atoms with Gasteiger partial charge in [0.15, 0.2) is 6.29 Å². The Kier molecular flexibility index (Phi) is 3.57. The zero-order valence-corrected chi connectivity index (χ0v) is 9.44. The highest BCUT2D eigenvalue weighted by atomic mass is 16.7. The molecule has 1 atom stereocenters. The lowest BCUT2D eigenvalue weighted by Crippen LogP contribution is -2.25. The predicted octanol–water partition coefficient (Wildman–Crippen LogP) is 2.71. The molecule has 0 N–H and O–H groups in total. The van der Waals surface area contributed by atoms with Crippen LogP contribution in [0, 0.1) is 6.92 Å². The van der Waals surface area contributed by atoms with Crippen molar-refractivity contribution in [2.75, 3.05) is 6.61 Å². The van der Waals surface area contributed by atoms with E-state index in [1.165, 1.54) is 0 Å². The number of aldehydes is 1. The lowest BCUT2D eigenvalue weighted by molar-refractivity contribution is -0.105. The van der Waals surface area contributed by atoms with Crippen LogP contribution in [0.2, 0.25) is 0 Å². The van der Waals surface area contributed by atoms with Gasteiger partial charge in [-0.2, -0.15) is 0 Å². The number of hydrogen-bond acceptors (Lipinski definition) is 3. The van der Waals surface area contributed by atoms with Crippen molar-refractivity contribution < 1.29 is 14.3 Å². The summed E-state index contributed by atoms with van der Waals surface area (Å²) >= 11 is 0. The van der Waals surface area contributed by atoms with Crippen LogP contribution in [0.4, 0.5) is 0 Å². The maximum absolute atomic E-state index is 10.7. The molecular weight excluding hydrogens is 204 g/mol. The Morgan fingerprint density at radius 3 is 2.94 bits per heavy atom. The SMILES string of the molecule is Cc1cc(OC2CCCCO2)ccc1C=O. The van der Waals surface area contributed by atoms with Gasteiger partial charge < -0.3 is 9.47 Å². The number of ether oxygens (including phenoxy) is 2. The third-order valence-electron chi connectivity index (χ3n) is 2.77. The van der Waals surface area contributed by atoms with Crippen LogP contribution in [0.25, 0.3) is 0 Å². The minimum absolute atomic E-state index is 0.129. The Balaban J connectivity index is 2.03. The van der Waals surface area contributed by atoms with Gasteiger partial charge >= 0.3 is 0 Å². The molecule has 16 heavy (non-hydrogen) atoms. The summed E-state index contributed by atoms with van der Waals surface area (Å²) < 4.78 is 11.2. The molecule has 1 saturated heterocycles. The van der Waals surface area contributed by atoms with E-state index in [9.17, 15) is 4.79 Å². The third-order valence-corrected chi connectivity index (χ3v) is 2.77. The zero-order chi connectivity index (χ0) is 11.4. The molecule has 0 spiro atoms. The van der Waals surface area contributed by atoms with Crippen LogP contribution >= 0.6 is 0 Å². The summed E-state index contributed by atoms with van der Waals surface area (Å²) in [4.78, 5) is 10.7. The highest BCUT2D eigenvalue weighted by molar-refractivity contribution is 5.77. The fraction of sp³-hybridized carbons (Fsp3) is 0.462. The van der Waals surface area contributed by atoms with E-state index in [4.69, 9.17) is 9.47 Å². The van der Waals surface area contributed by atoms with Crippen LogP contribution in [0.5, 0.6) is 5.75 Å². The summed E-state index contributed by atoms with van der Waals surface area (Å²) in [5, 5.41) is 0. The molecule has 86 valence electrons. The Morgan fingerprint density at radius 2 is 2.31 bits per heavy atom. The minimum Gasteiger partial charge on any atom is -0.465 e. The van der Waals surface area contributed by atoms with Crippen LogP contribution in [0.1, 0.15) is 35.2 Å². The summed E-state index contributed by atoms with van der Waals surface area (Å²) in [6.07, 6.45) is 3.93. The van der Waals surface area contributed by atoms with Crippen molar-refractivity contribution in [3.05, 3.63) is 29.3 Å². The topological polar surface area (TPSA) is 35.5 Å². The van der Waals surface area contributed by atoms with Crippen LogP contribution < -0.4 is 4.74 Å². The largest absolute Gasteiger partial charge is 0.465 e. The van der Waals surface area contributed by atoms with E-state index >= 15 is 0 Å². The first-order valence-electron chi connectivity index (χ1n) is 5.63. The lowest BCUT2D eigenvalue weighted by Gasteiger charge is -2.23. The fourth-order valence-corrected chi connectivity index (χ4v) is 1.81. The van der Waals surface area contributed by atoms with Crippen molar-refractivity contribution in [1.82, 2.24) is 0 Å². The second-order valence-electron chi connectivity index (χ2n) is 4.05. The standard InChI is InChI=1S/C13H16O3/c1-10-8-12(6-5-11(10)9-14)16-13-4-2-3-7-15-13/h5-6,8-9,13H,2-4,7H2,1H3. The maximum atomic E-state index is 10.7. The van der Waals surface area contributed by atoms with Gasteiger partial charge in [-0.25, -0.2) is 0 Å². The molecule has 0 saturated carbocycles. The second-order valence-corrected chi connectivity index (χ2v) is 4.05. The summed E-state index contributed by atoms with van der Waals surface area (Å²) in [6, 6.07) is 5.47. The van der Waals surface area contributed by atoms with Crippen molar-refractivity contribution in [3.8, 4) is 5.75 Å². The van der Waals surface area contributed by atoms with E-state index in [-0.39, 0.29) is 6.29 Å². The second kappa shape index (κ2) is 5.12. The van der Waals surface area contributed by atoms with Gasteiger partial charge in [-0.1, -0.05) is 0 Å². The fourth-order valence-electron chi connectivity index (χ4n) is 1.81. The molecule has 1 aliphatic rings. The van der Waals surface area contributed by atoms with Gasteiger partial charge in [-0.15, -0.1) is 0 Å². The van der Waals surface area contributed by atoms with Gasteiger partial charge in [-0.05, 0) is 43.5 Å². The van der Waals surface area contributed by atoms with Gasteiger partial charge in [0.2, 0.25) is 0 Å². The van der Waals surface area contributed by atoms with E-state index in [0.717, 1.165) is 43.5 Å². The lowest BCUT2D eigenvalue weighted by atomic mass is 10.1. The highest BCUT2D eigenvalue weighted by Gasteiger charge is 2.15. The molecular formula is C13H16O3. The maximum Gasteiger partial charge on any atom is 0.199 e.